The third-order valence-corrected chi connectivity index (χ3v) is 1.65. The van der Waals surface area contributed by atoms with Gasteiger partial charge in [-0.2, -0.15) is 10.4 Å². The molecule has 0 amide bonds. The van der Waals surface area contributed by atoms with Crippen molar-refractivity contribution in [3.63, 3.8) is 0 Å². The monoisotopic (exact) mass is 201 g/mol. The van der Waals surface area contributed by atoms with Gasteiger partial charge in [-0.1, -0.05) is 0 Å². The molecule has 0 aliphatic carbocycles. The number of nitrogens with one attached hydrogen (secondary N) is 2. The second-order valence-corrected chi connectivity index (χ2v) is 2.66. The molecule has 0 saturated carbocycles. The summed E-state index contributed by atoms with van der Waals surface area (Å²) in [6.07, 6.45) is 2.94. The summed E-state index contributed by atoms with van der Waals surface area (Å²) in [4.78, 5) is 11.8. The second kappa shape index (κ2) is 4.15. The molecule has 2 heterocycles. The summed E-state index contributed by atoms with van der Waals surface area (Å²) in [5.74, 6) is 1.08. The van der Waals surface area contributed by atoms with Crippen molar-refractivity contribution in [2.24, 2.45) is 0 Å². The normalized spacial score (nSPS) is 9.53. The molecule has 0 aliphatic rings. The van der Waals surface area contributed by atoms with E-state index in [1.165, 1.54) is 12.5 Å². The molecule has 0 radical (unpaired) electrons. The van der Waals surface area contributed by atoms with Crippen LogP contribution in [0.5, 0.6) is 0 Å². The van der Waals surface area contributed by atoms with Crippen LogP contribution in [0.2, 0.25) is 0 Å². The summed E-state index contributed by atoms with van der Waals surface area (Å²) in [6, 6.07) is 3.47. The van der Waals surface area contributed by atoms with Crippen molar-refractivity contribution in [1.82, 2.24) is 25.1 Å². The van der Waals surface area contributed by atoms with E-state index >= 15 is 0 Å². The van der Waals surface area contributed by atoms with E-state index in [1.54, 1.807) is 6.07 Å². The Kier molecular flexibility index (Phi) is 2.51. The Morgan fingerprint density at radius 1 is 1.47 bits per heavy atom. The summed E-state index contributed by atoms with van der Waals surface area (Å²) >= 11 is 0. The standard InChI is InChI=1S/C8H7N7/c9-3-6-1-2-10-8(14-6)11-4-7-12-5-13-15-7/h1-2,5H,4H2,(H,10,11,14)(H,12,13,15). The molecule has 2 rings (SSSR count). The molecule has 7 heteroatoms. The zero-order chi connectivity index (χ0) is 10.5. The first-order valence-electron chi connectivity index (χ1n) is 4.20. The van der Waals surface area contributed by atoms with Gasteiger partial charge in [0.25, 0.3) is 0 Å². The van der Waals surface area contributed by atoms with Crippen LogP contribution < -0.4 is 5.32 Å². The summed E-state index contributed by atoms with van der Waals surface area (Å²) in [5, 5.41) is 17.9. The first kappa shape index (κ1) is 9.08. The van der Waals surface area contributed by atoms with Crippen molar-refractivity contribution in [3.05, 3.63) is 30.1 Å². The third kappa shape index (κ3) is 2.25. The molecular weight excluding hydrogens is 194 g/mol. The van der Waals surface area contributed by atoms with E-state index in [1.807, 2.05) is 6.07 Å². The first-order chi connectivity index (χ1) is 7.38. The zero-order valence-corrected chi connectivity index (χ0v) is 7.68. The van der Waals surface area contributed by atoms with E-state index in [9.17, 15) is 0 Å². The van der Waals surface area contributed by atoms with E-state index in [4.69, 9.17) is 5.26 Å². The molecule has 0 unspecified atom stereocenters. The van der Waals surface area contributed by atoms with Gasteiger partial charge in [0.05, 0.1) is 6.54 Å². The van der Waals surface area contributed by atoms with E-state index in [0.29, 0.717) is 24.0 Å². The maximum atomic E-state index is 8.62. The molecule has 0 atom stereocenters. The summed E-state index contributed by atoms with van der Waals surface area (Å²) < 4.78 is 0. The number of aromatic amines is 1. The topological polar surface area (TPSA) is 103 Å². The smallest absolute Gasteiger partial charge is 0.224 e. The van der Waals surface area contributed by atoms with Crippen LogP contribution >= 0.6 is 0 Å². The highest BCUT2D eigenvalue weighted by Crippen LogP contribution is 2.00. The average molecular weight is 201 g/mol. The van der Waals surface area contributed by atoms with Crippen molar-refractivity contribution in [1.29, 1.82) is 5.26 Å². The number of hydrogen-bond donors (Lipinski definition) is 2. The molecule has 74 valence electrons. The molecule has 0 saturated heterocycles. The van der Waals surface area contributed by atoms with Gasteiger partial charge in [0.1, 0.15) is 23.9 Å². The molecule has 0 spiro atoms. The fourth-order valence-corrected chi connectivity index (χ4v) is 0.985. The van der Waals surface area contributed by atoms with E-state index < -0.39 is 0 Å². The van der Waals surface area contributed by atoms with Crippen LogP contribution in [0.4, 0.5) is 5.95 Å². The molecule has 2 aromatic heterocycles. The van der Waals surface area contributed by atoms with Gasteiger partial charge in [-0.15, -0.1) is 0 Å². The molecule has 0 bridgehead atoms. The highest BCUT2D eigenvalue weighted by molar-refractivity contribution is 5.29. The summed E-state index contributed by atoms with van der Waals surface area (Å²) in [7, 11) is 0. The minimum Gasteiger partial charge on any atom is -0.347 e. The minimum absolute atomic E-state index is 0.324. The van der Waals surface area contributed by atoms with Gasteiger partial charge in [-0.3, -0.25) is 5.10 Å². The third-order valence-electron chi connectivity index (χ3n) is 1.65. The Morgan fingerprint density at radius 2 is 2.40 bits per heavy atom. The van der Waals surface area contributed by atoms with Gasteiger partial charge in [0.15, 0.2) is 0 Å². The fourth-order valence-electron chi connectivity index (χ4n) is 0.985. The van der Waals surface area contributed by atoms with Crippen LogP contribution in [0.25, 0.3) is 0 Å². The lowest BCUT2D eigenvalue weighted by Crippen LogP contribution is -2.05. The lowest BCUT2D eigenvalue weighted by molar-refractivity contribution is 0.934. The van der Waals surface area contributed by atoms with E-state index in [0.717, 1.165) is 0 Å². The van der Waals surface area contributed by atoms with Gasteiger partial charge < -0.3 is 5.32 Å². The number of nitriles is 1. The zero-order valence-electron chi connectivity index (χ0n) is 7.68. The highest BCUT2D eigenvalue weighted by Gasteiger charge is 1.99. The summed E-state index contributed by atoms with van der Waals surface area (Å²) in [5.41, 5.74) is 0.324. The van der Waals surface area contributed by atoms with Gasteiger partial charge in [0.2, 0.25) is 5.95 Å². The fraction of sp³-hybridized carbons (Fsp3) is 0.125. The Hall–Kier alpha value is -2.49. The second-order valence-electron chi connectivity index (χ2n) is 2.66. The largest absolute Gasteiger partial charge is 0.347 e. The van der Waals surface area contributed by atoms with E-state index in [-0.39, 0.29) is 0 Å². The SMILES string of the molecule is N#Cc1ccnc(NCc2ncn[nH]2)n1. The molecule has 15 heavy (non-hydrogen) atoms. The van der Waals surface area contributed by atoms with Crippen LogP contribution in [-0.2, 0) is 6.54 Å². The number of hydrogen-bond acceptors (Lipinski definition) is 6. The molecule has 0 fully saturated rings. The highest BCUT2D eigenvalue weighted by atomic mass is 15.2. The minimum atomic E-state index is 0.324. The van der Waals surface area contributed by atoms with Crippen molar-refractivity contribution < 1.29 is 0 Å². The van der Waals surface area contributed by atoms with Gasteiger partial charge in [-0.05, 0) is 6.07 Å². The van der Waals surface area contributed by atoms with Crippen LogP contribution in [0.1, 0.15) is 11.5 Å². The first-order valence-corrected chi connectivity index (χ1v) is 4.20. The number of rotatable bonds is 3. The Morgan fingerprint density at radius 3 is 3.13 bits per heavy atom. The summed E-state index contributed by atoms with van der Waals surface area (Å²) in [6.45, 7) is 0.439. The number of nitrogens with zero attached hydrogens (tertiary/aromatic N) is 5. The predicted octanol–water partition coefficient (Wildman–Crippen LogP) is 0.0785. The Bertz CT molecular complexity index is 470. The van der Waals surface area contributed by atoms with Crippen molar-refractivity contribution in [3.8, 4) is 6.07 Å². The molecule has 2 N–H and O–H groups in total. The van der Waals surface area contributed by atoms with Crippen LogP contribution in [0.3, 0.4) is 0 Å². The molecule has 0 aromatic carbocycles. The maximum Gasteiger partial charge on any atom is 0.224 e. The average Bonchev–Trinajstić information content (AvgIpc) is 2.79. The van der Waals surface area contributed by atoms with E-state index in [2.05, 4.69) is 30.5 Å². The van der Waals surface area contributed by atoms with Gasteiger partial charge >= 0.3 is 0 Å². The number of aromatic nitrogens is 5. The molecular formula is C8H7N7. The predicted molar refractivity (Wildman–Crippen MR) is 50.5 cm³/mol. The van der Waals surface area contributed by atoms with Crippen LogP contribution in [0, 0.1) is 11.3 Å². The van der Waals surface area contributed by atoms with Crippen LogP contribution in [0.15, 0.2) is 18.6 Å². The number of H-pyrrole nitrogens is 1. The number of anilines is 1. The Balaban J connectivity index is 2.02. The quantitative estimate of drug-likeness (QED) is 0.728. The molecule has 7 nitrogen and oxygen atoms in total. The lowest BCUT2D eigenvalue weighted by atomic mass is 10.4. The van der Waals surface area contributed by atoms with Gasteiger partial charge in [-0.25, -0.2) is 15.0 Å². The van der Waals surface area contributed by atoms with Gasteiger partial charge in [0, 0.05) is 6.20 Å². The maximum absolute atomic E-state index is 8.62. The van der Waals surface area contributed by atoms with Crippen molar-refractivity contribution >= 4 is 5.95 Å². The van der Waals surface area contributed by atoms with Crippen LogP contribution in [-0.4, -0.2) is 25.1 Å². The lowest BCUT2D eigenvalue weighted by Gasteiger charge is -2.00. The Labute approximate surface area is 85.2 Å². The van der Waals surface area contributed by atoms with Crippen molar-refractivity contribution in [2.75, 3.05) is 5.32 Å². The molecule has 2 aromatic rings. The molecule has 0 aliphatic heterocycles. The van der Waals surface area contributed by atoms with Crippen molar-refractivity contribution in [2.45, 2.75) is 6.54 Å².